The van der Waals surface area contributed by atoms with Crippen molar-refractivity contribution in [3.05, 3.63) is 18.0 Å². The van der Waals surface area contributed by atoms with Crippen LogP contribution in [0.5, 0.6) is 0 Å². The van der Waals surface area contributed by atoms with Crippen LogP contribution in [0, 0.1) is 0 Å². The molecule has 0 amide bonds. The number of hydrogen-bond acceptors (Lipinski definition) is 6. The highest BCUT2D eigenvalue weighted by Gasteiger charge is 2.31. The SMILES string of the molecule is C[C@H]1c2nnc(-c3coc(C4CC4)n3)n2CCN1N. The molecule has 0 radical (unpaired) electrons. The molecule has 2 aromatic rings. The van der Waals surface area contributed by atoms with Gasteiger partial charge in [0.05, 0.1) is 6.04 Å². The van der Waals surface area contributed by atoms with Crippen molar-refractivity contribution in [2.75, 3.05) is 6.54 Å². The molecule has 3 heterocycles. The van der Waals surface area contributed by atoms with E-state index < -0.39 is 0 Å². The van der Waals surface area contributed by atoms with Crippen LogP contribution in [0.1, 0.15) is 43.4 Å². The van der Waals surface area contributed by atoms with E-state index in [0.717, 1.165) is 36.3 Å². The van der Waals surface area contributed by atoms with Gasteiger partial charge in [0, 0.05) is 19.0 Å². The Bertz CT molecular complexity index is 614. The minimum Gasteiger partial charge on any atom is -0.448 e. The lowest BCUT2D eigenvalue weighted by atomic mass is 10.2. The molecule has 2 aliphatic rings. The molecule has 1 aliphatic heterocycles. The highest BCUT2D eigenvalue weighted by atomic mass is 16.3. The van der Waals surface area contributed by atoms with Crippen LogP contribution in [0.3, 0.4) is 0 Å². The van der Waals surface area contributed by atoms with Gasteiger partial charge < -0.3 is 8.98 Å². The number of oxazole rings is 1. The van der Waals surface area contributed by atoms with Gasteiger partial charge in [-0.15, -0.1) is 10.2 Å². The highest BCUT2D eigenvalue weighted by Crippen LogP contribution is 2.40. The number of hydrogen-bond donors (Lipinski definition) is 1. The minimum absolute atomic E-state index is 0.0739. The first-order chi connectivity index (χ1) is 9.24. The van der Waals surface area contributed by atoms with Crippen LogP contribution in [0.4, 0.5) is 0 Å². The van der Waals surface area contributed by atoms with Crippen LogP contribution >= 0.6 is 0 Å². The van der Waals surface area contributed by atoms with Crippen LogP contribution in [0.15, 0.2) is 10.7 Å². The van der Waals surface area contributed by atoms with Crippen LogP contribution in [-0.2, 0) is 6.54 Å². The third kappa shape index (κ3) is 1.69. The predicted octanol–water partition coefficient (Wildman–Crippen LogP) is 1.06. The lowest BCUT2D eigenvalue weighted by Gasteiger charge is -2.29. The summed E-state index contributed by atoms with van der Waals surface area (Å²) in [6, 6.07) is 0.0739. The average molecular weight is 260 g/mol. The van der Waals surface area contributed by atoms with Gasteiger partial charge in [0.25, 0.3) is 0 Å². The molecule has 1 fully saturated rings. The summed E-state index contributed by atoms with van der Waals surface area (Å²) < 4.78 is 7.61. The molecule has 7 nitrogen and oxygen atoms in total. The smallest absolute Gasteiger partial charge is 0.197 e. The van der Waals surface area contributed by atoms with Gasteiger partial charge in [-0.3, -0.25) is 5.84 Å². The van der Waals surface area contributed by atoms with Crippen molar-refractivity contribution >= 4 is 0 Å². The van der Waals surface area contributed by atoms with E-state index in [4.69, 9.17) is 10.3 Å². The van der Waals surface area contributed by atoms with Gasteiger partial charge in [-0.1, -0.05) is 0 Å². The maximum atomic E-state index is 5.91. The first-order valence-electron chi connectivity index (χ1n) is 6.64. The number of nitrogens with two attached hydrogens (primary N) is 1. The Labute approximate surface area is 110 Å². The summed E-state index contributed by atoms with van der Waals surface area (Å²) in [6.07, 6.45) is 4.04. The number of rotatable bonds is 2. The van der Waals surface area contributed by atoms with E-state index in [1.54, 1.807) is 11.3 Å². The van der Waals surface area contributed by atoms with Crippen molar-refractivity contribution in [1.29, 1.82) is 0 Å². The summed E-state index contributed by atoms with van der Waals surface area (Å²) in [5, 5.41) is 10.3. The second-order valence-corrected chi connectivity index (χ2v) is 5.29. The summed E-state index contributed by atoms with van der Waals surface area (Å²) in [4.78, 5) is 4.53. The number of fused-ring (bicyclic) bond motifs is 1. The zero-order valence-electron chi connectivity index (χ0n) is 10.8. The van der Waals surface area contributed by atoms with Crippen molar-refractivity contribution in [2.45, 2.75) is 38.3 Å². The molecule has 0 saturated heterocycles. The molecule has 7 heteroatoms. The fourth-order valence-corrected chi connectivity index (χ4v) is 2.50. The molecule has 4 rings (SSSR count). The van der Waals surface area contributed by atoms with Gasteiger partial charge in [0.1, 0.15) is 12.0 Å². The molecule has 0 aromatic carbocycles. The molecule has 0 unspecified atom stereocenters. The van der Waals surface area contributed by atoms with E-state index in [0.29, 0.717) is 5.92 Å². The van der Waals surface area contributed by atoms with Gasteiger partial charge in [-0.05, 0) is 19.8 Å². The maximum absolute atomic E-state index is 5.91. The highest BCUT2D eigenvalue weighted by molar-refractivity contribution is 5.48. The zero-order valence-corrected chi connectivity index (χ0v) is 10.8. The Kier molecular flexibility index (Phi) is 2.27. The van der Waals surface area contributed by atoms with E-state index >= 15 is 0 Å². The fourth-order valence-electron chi connectivity index (χ4n) is 2.50. The number of hydrazine groups is 1. The summed E-state index contributed by atoms with van der Waals surface area (Å²) in [5.41, 5.74) is 0.776. The van der Waals surface area contributed by atoms with Crippen LogP contribution < -0.4 is 5.84 Å². The molecule has 0 bridgehead atoms. The molecule has 0 spiro atoms. The van der Waals surface area contributed by atoms with E-state index in [9.17, 15) is 0 Å². The minimum atomic E-state index is 0.0739. The van der Waals surface area contributed by atoms with Crippen LogP contribution in [0.25, 0.3) is 11.5 Å². The summed E-state index contributed by atoms with van der Waals surface area (Å²) >= 11 is 0. The van der Waals surface area contributed by atoms with E-state index in [1.165, 1.54) is 12.8 Å². The summed E-state index contributed by atoms with van der Waals surface area (Å²) in [7, 11) is 0. The second-order valence-electron chi connectivity index (χ2n) is 5.29. The molecule has 2 aromatic heterocycles. The molecule has 1 aliphatic carbocycles. The van der Waals surface area contributed by atoms with Crippen molar-refractivity contribution < 1.29 is 4.42 Å². The predicted molar refractivity (Wildman–Crippen MR) is 66.8 cm³/mol. The maximum Gasteiger partial charge on any atom is 0.197 e. The Hall–Kier alpha value is -1.73. The van der Waals surface area contributed by atoms with Gasteiger partial charge in [0.15, 0.2) is 17.5 Å². The quantitative estimate of drug-likeness (QED) is 0.812. The third-order valence-corrected chi connectivity index (χ3v) is 3.91. The van der Waals surface area contributed by atoms with Crippen molar-refractivity contribution in [3.63, 3.8) is 0 Å². The zero-order chi connectivity index (χ0) is 13.0. The van der Waals surface area contributed by atoms with Crippen molar-refractivity contribution in [2.24, 2.45) is 5.84 Å². The van der Waals surface area contributed by atoms with Gasteiger partial charge in [-0.2, -0.15) is 0 Å². The molecular formula is C12H16N6O. The largest absolute Gasteiger partial charge is 0.448 e. The van der Waals surface area contributed by atoms with Crippen LogP contribution in [0.2, 0.25) is 0 Å². The third-order valence-electron chi connectivity index (χ3n) is 3.91. The lowest BCUT2D eigenvalue weighted by Crippen LogP contribution is -2.41. The summed E-state index contributed by atoms with van der Waals surface area (Å²) in [6.45, 7) is 3.60. The van der Waals surface area contributed by atoms with Crippen LogP contribution in [-0.4, -0.2) is 31.3 Å². The monoisotopic (exact) mass is 260 g/mol. The standard InChI is InChI=1S/C12H16N6O/c1-7-10-15-16-11(17(10)4-5-18(7)13)9-6-19-12(14-9)8-2-3-8/h6-8H,2-5,13H2,1H3/t7-/m0/s1. The molecule has 2 N–H and O–H groups in total. The Morgan fingerprint density at radius 1 is 1.32 bits per heavy atom. The number of aromatic nitrogens is 4. The van der Waals surface area contributed by atoms with Gasteiger partial charge in [-0.25, -0.2) is 9.99 Å². The Balaban J connectivity index is 1.73. The fraction of sp³-hybridized carbons (Fsp3) is 0.583. The average Bonchev–Trinajstić information content (AvgIpc) is 3.00. The molecule has 100 valence electrons. The van der Waals surface area contributed by atoms with Gasteiger partial charge in [0.2, 0.25) is 0 Å². The molecule has 19 heavy (non-hydrogen) atoms. The second kappa shape index (κ2) is 3.88. The first kappa shape index (κ1) is 11.1. The van der Waals surface area contributed by atoms with E-state index in [1.807, 2.05) is 6.92 Å². The van der Waals surface area contributed by atoms with E-state index in [-0.39, 0.29) is 6.04 Å². The van der Waals surface area contributed by atoms with Crippen molar-refractivity contribution in [1.82, 2.24) is 24.8 Å². The molecule has 1 saturated carbocycles. The Morgan fingerprint density at radius 3 is 2.95 bits per heavy atom. The molecule has 1 atom stereocenters. The number of nitrogens with zero attached hydrogens (tertiary/aromatic N) is 5. The van der Waals surface area contributed by atoms with E-state index in [2.05, 4.69) is 19.7 Å². The summed E-state index contributed by atoms with van der Waals surface area (Å²) in [5.74, 6) is 8.92. The Morgan fingerprint density at radius 2 is 2.16 bits per heavy atom. The molecular weight excluding hydrogens is 244 g/mol. The lowest BCUT2D eigenvalue weighted by molar-refractivity contribution is 0.168. The topological polar surface area (TPSA) is 86.0 Å². The first-order valence-corrected chi connectivity index (χ1v) is 6.64. The van der Waals surface area contributed by atoms with Gasteiger partial charge >= 0.3 is 0 Å². The normalized spacial score (nSPS) is 23.6. The van der Waals surface area contributed by atoms with Crippen molar-refractivity contribution in [3.8, 4) is 11.5 Å².